The van der Waals surface area contributed by atoms with Crippen molar-refractivity contribution in [2.75, 3.05) is 11.1 Å². The molecule has 19 heavy (non-hydrogen) atoms. The first-order valence-corrected chi connectivity index (χ1v) is 6.13. The van der Waals surface area contributed by atoms with Crippen LogP contribution in [0.3, 0.4) is 0 Å². The number of benzene rings is 1. The summed E-state index contributed by atoms with van der Waals surface area (Å²) in [5.41, 5.74) is 5.56. The molecule has 0 fully saturated rings. The zero-order chi connectivity index (χ0) is 14.0. The second kappa shape index (κ2) is 5.37. The van der Waals surface area contributed by atoms with Crippen LogP contribution in [0.1, 0.15) is 0 Å². The summed E-state index contributed by atoms with van der Waals surface area (Å²) in [5.74, 6) is -0.225. The predicted molar refractivity (Wildman–Crippen MR) is 75.5 cm³/mol. The second-order valence-electron chi connectivity index (χ2n) is 3.46. The summed E-state index contributed by atoms with van der Waals surface area (Å²) in [6, 6.07) is 5.05. The number of nitrogens with zero attached hydrogens (tertiary/aromatic N) is 3. The summed E-state index contributed by atoms with van der Waals surface area (Å²) in [7, 11) is 0. The summed E-state index contributed by atoms with van der Waals surface area (Å²) >= 11 is 9.28. The molecule has 2 rings (SSSR count). The van der Waals surface area contributed by atoms with Crippen molar-refractivity contribution in [2.45, 2.75) is 0 Å². The van der Waals surface area contributed by atoms with Crippen molar-refractivity contribution in [1.29, 1.82) is 0 Å². The van der Waals surface area contributed by atoms with Crippen LogP contribution in [-0.4, -0.2) is 14.9 Å². The largest absolute Gasteiger partial charge is 0.378 e. The van der Waals surface area contributed by atoms with Crippen LogP contribution in [0.4, 0.5) is 23.0 Å². The predicted octanol–water partition coefficient (Wildman–Crippen LogP) is 3.13. The lowest BCUT2D eigenvalue weighted by molar-refractivity contribution is -0.383. The van der Waals surface area contributed by atoms with E-state index in [9.17, 15) is 10.1 Å². The van der Waals surface area contributed by atoms with Crippen LogP contribution < -0.4 is 11.1 Å². The topological polar surface area (TPSA) is 107 Å². The van der Waals surface area contributed by atoms with Gasteiger partial charge in [0.2, 0.25) is 11.6 Å². The van der Waals surface area contributed by atoms with Crippen molar-refractivity contribution in [3.63, 3.8) is 0 Å². The summed E-state index contributed by atoms with van der Waals surface area (Å²) in [5, 5.41) is 14.1. The molecule has 9 heteroatoms. The molecule has 0 bridgehead atoms. The maximum absolute atomic E-state index is 10.9. The van der Waals surface area contributed by atoms with Gasteiger partial charge in [-0.15, -0.1) is 0 Å². The van der Waals surface area contributed by atoms with Crippen LogP contribution in [0.2, 0.25) is 5.02 Å². The number of nitrogen functional groups attached to an aromatic ring is 1. The van der Waals surface area contributed by atoms with Gasteiger partial charge in [-0.3, -0.25) is 10.1 Å². The number of hydrogen-bond donors (Lipinski definition) is 2. The fraction of sp³-hybridized carbons (Fsp3) is 0. The smallest absolute Gasteiger partial charge is 0.353 e. The Bertz CT molecular complexity index is 652. The molecule has 0 aliphatic rings. The summed E-state index contributed by atoms with van der Waals surface area (Å²) < 4.78 is 0.791. The monoisotopic (exact) mass is 343 g/mol. The van der Waals surface area contributed by atoms with Crippen molar-refractivity contribution in [3.05, 3.63) is 44.1 Å². The van der Waals surface area contributed by atoms with E-state index in [4.69, 9.17) is 17.3 Å². The molecule has 1 heterocycles. The highest BCUT2D eigenvalue weighted by Crippen LogP contribution is 2.32. The zero-order valence-electron chi connectivity index (χ0n) is 9.30. The van der Waals surface area contributed by atoms with Crippen LogP contribution in [-0.2, 0) is 0 Å². The van der Waals surface area contributed by atoms with Crippen molar-refractivity contribution in [3.8, 4) is 0 Å². The Kier molecular flexibility index (Phi) is 3.82. The van der Waals surface area contributed by atoms with E-state index in [-0.39, 0.29) is 17.3 Å². The lowest BCUT2D eigenvalue weighted by Gasteiger charge is -2.08. The Balaban J connectivity index is 2.44. The van der Waals surface area contributed by atoms with E-state index in [0.29, 0.717) is 10.7 Å². The Morgan fingerprint density at radius 2 is 2.16 bits per heavy atom. The molecule has 1 aromatic carbocycles. The third-order valence-corrected chi connectivity index (χ3v) is 3.02. The molecule has 3 N–H and O–H groups in total. The van der Waals surface area contributed by atoms with Crippen LogP contribution in [0.5, 0.6) is 0 Å². The first-order valence-electron chi connectivity index (χ1n) is 4.96. The van der Waals surface area contributed by atoms with Gasteiger partial charge in [0.15, 0.2) is 0 Å². The molecule has 0 unspecified atom stereocenters. The highest BCUT2D eigenvalue weighted by molar-refractivity contribution is 9.10. The van der Waals surface area contributed by atoms with Gasteiger partial charge >= 0.3 is 5.69 Å². The first kappa shape index (κ1) is 13.5. The fourth-order valence-electron chi connectivity index (χ4n) is 1.38. The van der Waals surface area contributed by atoms with Gasteiger partial charge in [-0.1, -0.05) is 27.5 Å². The molecule has 0 aliphatic carbocycles. The minimum absolute atomic E-state index is 0.0123. The van der Waals surface area contributed by atoms with E-state index in [1.165, 1.54) is 0 Å². The number of rotatable bonds is 3. The molecule has 0 saturated heterocycles. The van der Waals surface area contributed by atoms with Crippen LogP contribution in [0.25, 0.3) is 0 Å². The molecule has 0 radical (unpaired) electrons. The SMILES string of the molecule is Nc1ncnc(Nc2ccc(Br)cc2Cl)c1[N+](=O)[O-]. The lowest BCUT2D eigenvalue weighted by atomic mass is 10.3. The normalized spacial score (nSPS) is 10.2. The summed E-state index contributed by atoms with van der Waals surface area (Å²) in [6.07, 6.45) is 1.14. The molecule has 0 saturated carbocycles. The molecule has 0 amide bonds. The maximum atomic E-state index is 10.9. The van der Waals surface area contributed by atoms with Gasteiger partial charge in [-0.2, -0.15) is 0 Å². The molecule has 0 spiro atoms. The van der Waals surface area contributed by atoms with Crippen molar-refractivity contribution < 1.29 is 4.92 Å². The van der Waals surface area contributed by atoms with Crippen molar-refractivity contribution >= 4 is 50.5 Å². The van der Waals surface area contributed by atoms with Crippen LogP contribution in [0, 0.1) is 10.1 Å². The highest BCUT2D eigenvalue weighted by atomic mass is 79.9. The Morgan fingerprint density at radius 3 is 2.79 bits per heavy atom. The number of aromatic nitrogens is 2. The number of hydrogen-bond acceptors (Lipinski definition) is 6. The average Bonchev–Trinajstić information content (AvgIpc) is 2.32. The summed E-state index contributed by atoms with van der Waals surface area (Å²) in [4.78, 5) is 17.7. The Morgan fingerprint density at radius 1 is 1.42 bits per heavy atom. The van der Waals surface area contributed by atoms with Gasteiger partial charge < -0.3 is 11.1 Å². The third kappa shape index (κ3) is 2.91. The van der Waals surface area contributed by atoms with E-state index in [0.717, 1.165) is 10.8 Å². The van der Waals surface area contributed by atoms with Crippen LogP contribution >= 0.6 is 27.5 Å². The Labute approximate surface area is 121 Å². The van der Waals surface area contributed by atoms with Gasteiger partial charge in [-0.05, 0) is 18.2 Å². The standard InChI is InChI=1S/C10H7BrClN5O2/c11-5-1-2-7(6(12)3-5)16-10-8(17(18)19)9(13)14-4-15-10/h1-4H,(H3,13,14,15,16). The average molecular weight is 345 g/mol. The minimum atomic E-state index is -0.648. The van der Waals surface area contributed by atoms with Crippen molar-refractivity contribution in [1.82, 2.24) is 9.97 Å². The first-order chi connectivity index (χ1) is 8.99. The molecule has 98 valence electrons. The van der Waals surface area contributed by atoms with E-state index >= 15 is 0 Å². The number of halogens is 2. The quantitative estimate of drug-likeness (QED) is 0.654. The van der Waals surface area contributed by atoms with E-state index < -0.39 is 4.92 Å². The molecule has 2 aromatic rings. The van der Waals surface area contributed by atoms with Crippen LogP contribution in [0.15, 0.2) is 29.0 Å². The second-order valence-corrected chi connectivity index (χ2v) is 4.79. The van der Waals surface area contributed by atoms with Gasteiger partial charge in [0.25, 0.3) is 0 Å². The van der Waals surface area contributed by atoms with E-state index in [1.807, 2.05) is 0 Å². The number of nitro groups is 1. The lowest BCUT2D eigenvalue weighted by Crippen LogP contribution is -2.05. The van der Waals surface area contributed by atoms with Crippen molar-refractivity contribution in [2.24, 2.45) is 0 Å². The van der Waals surface area contributed by atoms with Gasteiger partial charge in [0, 0.05) is 4.47 Å². The van der Waals surface area contributed by atoms with Gasteiger partial charge in [0.1, 0.15) is 6.33 Å². The highest BCUT2D eigenvalue weighted by Gasteiger charge is 2.21. The van der Waals surface area contributed by atoms with Gasteiger partial charge in [-0.25, -0.2) is 9.97 Å². The maximum Gasteiger partial charge on any atom is 0.353 e. The fourth-order valence-corrected chi connectivity index (χ4v) is 2.10. The third-order valence-electron chi connectivity index (χ3n) is 2.22. The van der Waals surface area contributed by atoms with Gasteiger partial charge in [0.05, 0.1) is 15.6 Å². The number of anilines is 3. The van der Waals surface area contributed by atoms with E-state index in [1.54, 1.807) is 18.2 Å². The molecular formula is C10H7BrClN5O2. The zero-order valence-corrected chi connectivity index (χ0v) is 11.6. The Hall–Kier alpha value is -1.93. The molecule has 0 atom stereocenters. The van der Waals surface area contributed by atoms with E-state index in [2.05, 4.69) is 31.2 Å². The molecule has 7 nitrogen and oxygen atoms in total. The minimum Gasteiger partial charge on any atom is -0.378 e. The molecule has 1 aromatic heterocycles. The molecular weight excluding hydrogens is 338 g/mol. The number of nitrogens with one attached hydrogen (secondary N) is 1. The molecule has 0 aliphatic heterocycles. The summed E-state index contributed by atoms with van der Waals surface area (Å²) in [6.45, 7) is 0. The number of nitrogens with two attached hydrogens (primary N) is 1.